The van der Waals surface area contributed by atoms with Crippen molar-refractivity contribution < 1.29 is 0 Å². The maximum atomic E-state index is 3.63. The number of hydrogen-bond donors (Lipinski definition) is 2. The molecule has 0 aromatic heterocycles. The van der Waals surface area contributed by atoms with Crippen molar-refractivity contribution in [1.29, 1.82) is 0 Å². The molecule has 3 rings (SSSR count). The van der Waals surface area contributed by atoms with Crippen molar-refractivity contribution in [1.82, 2.24) is 10.6 Å². The van der Waals surface area contributed by atoms with Crippen molar-refractivity contribution in [2.45, 2.75) is 44.6 Å². The van der Waals surface area contributed by atoms with Crippen LogP contribution in [0.1, 0.15) is 38.5 Å². The van der Waals surface area contributed by atoms with Gasteiger partial charge in [0.15, 0.2) is 0 Å². The van der Waals surface area contributed by atoms with E-state index in [1.54, 1.807) is 6.42 Å². The summed E-state index contributed by atoms with van der Waals surface area (Å²) in [6, 6.07) is 0.870. The van der Waals surface area contributed by atoms with Crippen LogP contribution >= 0.6 is 0 Å². The summed E-state index contributed by atoms with van der Waals surface area (Å²) in [5.74, 6) is 3.20. The lowest BCUT2D eigenvalue weighted by molar-refractivity contribution is 0.319. The van der Waals surface area contributed by atoms with E-state index in [-0.39, 0.29) is 0 Å². The van der Waals surface area contributed by atoms with Crippen LogP contribution in [0.15, 0.2) is 0 Å². The maximum Gasteiger partial charge on any atom is 0.00793 e. The fraction of sp³-hybridized carbons (Fsp3) is 1.00. The van der Waals surface area contributed by atoms with E-state index in [1.165, 1.54) is 51.7 Å². The Kier molecular flexibility index (Phi) is 2.98. The van der Waals surface area contributed by atoms with Crippen LogP contribution in [0.2, 0.25) is 0 Å². The molecule has 0 amide bonds. The van der Waals surface area contributed by atoms with Crippen LogP contribution in [-0.2, 0) is 0 Å². The van der Waals surface area contributed by atoms with Crippen molar-refractivity contribution in [3.8, 4) is 0 Å². The maximum absolute atomic E-state index is 3.63. The minimum absolute atomic E-state index is 0.870. The van der Waals surface area contributed by atoms with Gasteiger partial charge in [0.05, 0.1) is 0 Å². The standard InChI is InChI=1S/C13H24N2/c1-2-11-7-10(1)8-12(11)9-14-5-6-15-13-3-4-13/h10-15H,1-9H2. The highest BCUT2D eigenvalue weighted by atomic mass is 15.0. The molecule has 15 heavy (non-hydrogen) atoms. The molecule has 2 heteroatoms. The van der Waals surface area contributed by atoms with E-state index in [1.807, 2.05) is 0 Å². The second-order valence-electron chi connectivity index (χ2n) is 5.87. The van der Waals surface area contributed by atoms with Crippen LogP contribution in [0, 0.1) is 17.8 Å². The predicted molar refractivity (Wildman–Crippen MR) is 62.8 cm³/mol. The quantitative estimate of drug-likeness (QED) is 0.650. The van der Waals surface area contributed by atoms with Gasteiger partial charge in [0.25, 0.3) is 0 Å². The molecule has 3 atom stereocenters. The Labute approximate surface area is 93.2 Å². The van der Waals surface area contributed by atoms with Crippen LogP contribution in [0.4, 0.5) is 0 Å². The van der Waals surface area contributed by atoms with Crippen molar-refractivity contribution in [3.63, 3.8) is 0 Å². The molecule has 3 unspecified atom stereocenters. The summed E-state index contributed by atoms with van der Waals surface area (Å²) in [7, 11) is 0. The third-order valence-corrected chi connectivity index (χ3v) is 4.60. The van der Waals surface area contributed by atoms with Gasteiger partial charge in [-0.2, -0.15) is 0 Å². The third kappa shape index (κ3) is 2.54. The number of nitrogens with one attached hydrogen (secondary N) is 2. The Morgan fingerprint density at radius 1 is 0.933 bits per heavy atom. The summed E-state index contributed by atoms with van der Waals surface area (Å²) in [5.41, 5.74) is 0. The molecule has 3 aliphatic rings. The SMILES string of the molecule is C(CNC1CC1)NCC1CC2CCC1C2. The van der Waals surface area contributed by atoms with Gasteiger partial charge in [-0.3, -0.25) is 0 Å². The zero-order chi connectivity index (χ0) is 10.1. The fourth-order valence-electron chi connectivity index (χ4n) is 3.57. The summed E-state index contributed by atoms with van der Waals surface area (Å²) in [5, 5.41) is 7.19. The second-order valence-corrected chi connectivity index (χ2v) is 5.87. The number of hydrogen-bond acceptors (Lipinski definition) is 2. The molecule has 0 radical (unpaired) electrons. The zero-order valence-corrected chi connectivity index (χ0v) is 9.67. The molecule has 86 valence electrons. The average molecular weight is 208 g/mol. The smallest absolute Gasteiger partial charge is 0.00793 e. The monoisotopic (exact) mass is 208 g/mol. The van der Waals surface area contributed by atoms with Gasteiger partial charge in [0, 0.05) is 19.1 Å². The molecule has 0 aliphatic heterocycles. The molecule has 3 saturated carbocycles. The first kappa shape index (κ1) is 10.1. The van der Waals surface area contributed by atoms with Gasteiger partial charge in [-0.15, -0.1) is 0 Å². The van der Waals surface area contributed by atoms with E-state index < -0.39 is 0 Å². The molecule has 0 aromatic carbocycles. The molecule has 3 aliphatic carbocycles. The lowest BCUT2D eigenvalue weighted by atomic mass is 9.89. The normalized spacial score (nSPS) is 38.8. The van der Waals surface area contributed by atoms with Crippen molar-refractivity contribution >= 4 is 0 Å². The molecule has 2 N–H and O–H groups in total. The topological polar surface area (TPSA) is 24.1 Å². The van der Waals surface area contributed by atoms with Crippen LogP contribution in [0.5, 0.6) is 0 Å². The highest BCUT2D eigenvalue weighted by Gasteiger charge is 2.38. The predicted octanol–water partition coefficient (Wildman–Crippen LogP) is 1.76. The Morgan fingerprint density at radius 3 is 2.53 bits per heavy atom. The summed E-state index contributed by atoms with van der Waals surface area (Å²) in [6.07, 6.45) is 8.95. The Bertz CT molecular complexity index is 213. The molecule has 0 heterocycles. The van der Waals surface area contributed by atoms with Gasteiger partial charge in [-0.1, -0.05) is 6.42 Å². The molecule has 2 bridgehead atoms. The van der Waals surface area contributed by atoms with E-state index in [9.17, 15) is 0 Å². The minimum Gasteiger partial charge on any atom is -0.315 e. The van der Waals surface area contributed by atoms with E-state index in [0.717, 1.165) is 23.8 Å². The van der Waals surface area contributed by atoms with Gasteiger partial charge in [0.2, 0.25) is 0 Å². The summed E-state index contributed by atoms with van der Waals surface area (Å²) >= 11 is 0. The fourth-order valence-corrected chi connectivity index (χ4v) is 3.57. The van der Waals surface area contributed by atoms with Crippen LogP contribution in [0.3, 0.4) is 0 Å². The Balaban J connectivity index is 1.26. The van der Waals surface area contributed by atoms with E-state index in [0.29, 0.717) is 0 Å². The molecule has 0 saturated heterocycles. The number of rotatable bonds is 6. The van der Waals surface area contributed by atoms with E-state index in [2.05, 4.69) is 10.6 Å². The molecular weight excluding hydrogens is 184 g/mol. The Hall–Kier alpha value is -0.0800. The van der Waals surface area contributed by atoms with Crippen LogP contribution in [0.25, 0.3) is 0 Å². The molecule has 0 aromatic rings. The lowest BCUT2D eigenvalue weighted by Gasteiger charge is -2.21. The van der Waals surface area contributed by atoms with Gasteiger partial charge >= 0.3 is 0 Å². The van der Waals surface area contributed by atoms with Gasteiger partial charge in [-0.25, -0.2) is 0 Å². The van der Waals surface area contributed by atoms with E-state index in [4.69, 9.17) is 0 Å². The van der Waals surface area contributed by atoms with E-state index >= 15 is 0 Å². The number of fused-ring (bicyclic) bond motifs is 2. The first-order valence-corrected chi connectivity index (χ1v) is 6.86. The van der Waals surface area contributed by atoms with Crippen molar-refractivity contribution in [2.24, 2.45) is 17.8 Å². The largest absolute Gasteiger partial charge is 0.315 e. The van der Waals surface area contributed by atoms with Crippen LogP contribution in [-0.4, -0.2) is 25.7 Å². The highest BCUT2D eigenvalue weighted by Crippen LogP contribution is 2.47. The van der Waals surface area contributed by atoms with Crippen LogP contribution < -0.4 is 10.6 Å². The van der Waals surface area contributed by atoms with Gasteiger partial charge in [0.1, 0.15) is 0 Å². The summed E-state index contributed by atoms with van der Waals surface area (Å²) < 4.78 is 0. The lowest BCUT2D eigenvalue weighted by Crippen LogP contribution is -2.33. The minimum atomic E-state index is 0.870. The molecular formula is C13H24N2. The molecule has 2 nitrogen and oxygen atoms in total. The summed E-state index contributed by atoms with van der Waals surface area (Å²) in [4.78, 5) is 0. The summed E-state index contributed by atoms with van der Waals surface area (Å²) in [6.45, 7) is 3.63. The zero-order valence-electron chi connectivity index (χ0n) is 9.67. The molecule has 3 fully saturated rings. The Morgan fingerprint density at radius 2 is 1.87 bits per heavy atom. The average Bonchev–Trinajstić information content (AvgIpc) is 2.84. The van der Waals surface area contributed by atoms with Gasteiger partial charge < -0.3 is 10.6 Å². The highest BCUT2D eigenvalue weighted by molar-refractivity contribution is 4.90. The molecule has 0 spiro atoms. The van der Waals surface area contributed by atoms with Crippen molar-refractivity contribution in [3.05, 3.63) is 0 Å². The first-order chi connectivity index (χ1) is 7.42. The van der Waals surface area contributed by atoms with Crippen molar-refractivity contribution in [2.75, 3.05) is 19.6 Å². The van der Waals surface area contributed by atoms with Gasteiger partial charge in [-0.05, 0) is 56.4 Å². The second kappa shape index (κ2) is 4.42. The first-order valence-electron chi connectivity index (χ1n) is 6.86. The third-order valence-electron chi connectivity index (χ3n) is 4.60.